The van der Waals surface area contributed by atoms with Crippen LogP contribution in [0.25, 0.3) is 0 Å². The van der Waals surface area contributed by atoms with Gasteiger partial charge in [-0.2, -0.15) is 0 Å². The quantitative estimate of drug-likeness (QED) is 0.796. The fourth-order valence-electron chi connectivity index (χ4n) is 4.14. The van der Waals surface area contributed by atoms with Crippen molar-refractivity contribution >= 4 is 0 Å². The molecule has 23 heavy (non-hydrogen) atoms. The minimum absolute atomic E-state index is 0.803. The molecule has 0 N–H and O–H groups in total. The lowest BCUT2D eigenvalue weighted by Gasteiger charge is -2.43. The first-order chi connectivity index (χ1) is 11.3. The molecule has 4 nitrogen and oxygen atoms in total. The molecule has 0 unspecified atom stereocenters. The SMILES string of the molecule is CO/C1=C(N2CCN(C3CCN(C)CC3)CC2)/C=C\CCCC1. The van der Waals surface area contributed by atoms with Gasteiger partial charge in [-0.25, -0.2) is 0 Å². The summed E-state index contributed by atoms with van der Waals surface area (Å²) in [6, 6.07) is 0.803. The van der Waals surface area contributed by atoms with E-state index in [-0.39, 0.29) is 0 Å². The lowest BCUT2D eigenvalue weighted by Crippen LogP contribution is -2.52. The van der Waals surface area contributed by atoms with Crippen LogP contribution in [0.15, 0.2) is 23.6 Å². The van der Waals surface area contributed by atoms with E-state index in [1.165, 1.54) is 69.7 Å². The molecule has 0 atom stereocenters. The van der Waals surface area contributed by atoms with Crippen molar-refractivity contribution < 1.29 is 4.74 Å². The maximum atomic E-state index is 5.72. The van der Waals surface area contributed by atoms with Gasteiger partial charge in [-0.3, -0.25) is 4.90 Å². The normalized spacial score (nSPS) is 30.8. The Hall–Kier alpha value is -1.00. The molecular formula is C19H33N3O. The number of allylic oxidation sites excluding steroid dienone is 3. The highest BCUT2D eigenvalue weighted by Crippen LogP contribution is 2.24. The fraction of sp³-hybridized carbons (Fsp3) is 0.789. The van der Waals surface area contributed by atoms with E-state index in [4.69, 9.17) is 4.74 Å². The molecule has 0 amide bonds. The van der Waals surface area contributed by atoms with E-state index in [9.17, 15) is 0 Å². The Morgan fingerprint density at radius 3 is 2.43 bits per heavy atom. The summed E-state index contributed by atoms with van der Waals surface area (Å²) >= 11 is 0. The third-order valence-corrected chi connectivity index (χ3v) is 5.69. The van der Waals surface area contributed by atoms with Gasteiger partial charge in [0.1, 0.15) is 5.76 Å². The van der Waals surface area contributed by atoms with Gasteiger partial charge in [0.05, 0.1) is 12.8 Å². The molecular weight excluding hydrogens is 286 g/mol. The van der Waals surface area contributed by atoms with Crippen molar-refractivity contribution in [1.29, 1.82) is 0 Å². The second-order valence-electron chi connectivity index (χ2n) is 7.22. The van der Waals surface area contributed by atoms with Crippen LogP contribution in [0.3, 0.4) is 0 Å². The molecule has 2 fully saturated rings. The van der Waals surface area contributed by atoms with Crippen molar-refractivity contribution in [2.45, 2.75) is 44.6 Å². The molecule has 2 heterocycles. The Labute approximate surface area is 141 Å². The van der Waals surface area contributed by atoms with Crippen molar-refractivity contribution in [3.63, 3.8) is 0 Å². The van der Waals surface area contributed by atoms with Crippen LogP contribution in [0.2, 0.25) is 0 Å². The van der Waals surface area contributed by atoms with Crippen LogP contribution in [0.5, 0.6) is 0 Å². The standard InChI is InChI=1S/C19H33N3O/c1-20-11-9-17(10-12-20)21-13-15-22(16-14-21)18-7-5-3-4-6-8-19(18)23-2/h5,7,17H,3-4,6,8-16H2,1-2H3/b7-5-,19-18-. The average Bonchev–Trinajstić information content (AvgIpc) is 2.56. The van der Waals surface area contributed by atoms with Crippen LogP contribution in [0, 0.1) is 0 Å². The van der Waals surface area contributed by atoms with Gasteiger partial charge >= 0.3 is 0 Å². The molecule has 0 saturated carbocycles. The molecule has 3 rings (SSSR count). The monoisotopic (exact) mass is 319 g/mol. The number of ether oxygens (including phenoxy) is 1. The number of piperidine rings is 1. The Balaban J connectivity index is 1.59. The summed E-state index contributed by atoms with van der Waals surface area (Å²) in [5.41, 5.74) is 1.34. The summed E-state index contributed by atoms with van der Waals surface area (Å²) in [7, 11) is 4.08. The Morgan fingerprint density at radius 2 is 1.74 bits per heavy atom. The Bertz CT molecular complexity index is 430. The van der Waals surface area contributed by atoms with E-state index < -0.39 is 0 Å². The highest BCUT2D eigenvalue weighted by Gasteiger charge is 2.27. The zero-order valence-electron chi connectivity index (χ0n) is 15.0. The van der Waals surface area contributed by atoms with Crippen LogP contribution < -0.4 is 0 Å². The van der Waals surface area contributed by atoms with Crippen LogP contribution in [0.4, 0.5) is 0 Å². The number of rotatable bonds is 3. The molecule has 3 aliphatic rings. The zero-order chi connectivity index (χ0) is 16.1. The van der Waals surface area contributed by atoms with Crippen molar-refractivity contribution in [2.24, 2.45) is 0 Å². The average molecular weight is 319 g/mol. The van der Waals surface area contributed by atoms with Crippen LogP contribution in [-0.4, -0.2) is 74.2 Å². The molecule has 0 radical (unpaired) electrons. The summed E-state index contributed by atoms with van der Waals surface area (Å²) in [6.07, 6.45) is 12.1. The Morgan fingerprint density at radius 1 is 1.00 bits per heavy atom. The number of methoxy groups -OCH3 is 1. The Kier molecular flexibility index (Phi) is 6.01. The summed E-state index contributed by atoms with van der Waals surface area (Å²) in [5, 5.41) is 0. The number of hydrogen-bond donors (Lipinski definition) is 0. The highest BCUT2D eigenvalue weighted by atomic mass is 16.5. The topological polar surface area (TPSA) is 19.0 Å². The molecule has 2 aliphatic heterocycles. The van der Waals surface area contributed by atoms with Gasteiger partial charge in [0.25, 0.3) is 0 Å². The molecule has 1 aliphatic carbocycles. The van der Waals surface area contributed by atoms with E-state index in [1.54, 1.807) is 0 Å². The van der Waals surface area contributed by atoms with Gasteiger partial charge in [-0.05, 0) is 58.3 Å². The van der Waals surface area contributed by atoms with Gasteiger partial charge in [-0.1, -0.05) is 6.08 Å². The smallest absolute Gasteiger partial charge is 0.119 e. The van der Waals surface area contributed by atoms with Crippen molar-refractivity contribution in [1.82, 2.24) is 14.7 Å². The molecule has 0 aromatic heterocycles. The first kappa shape index (κ1) is 16.8. The molecule has 130 valence electrons. The third kappa shape index (κ3) is 4.30. The molecule has 0 bridgehead atoms. The third-order valence-electron chi connectivity index (χ3n) is 5.69. The zero-order valence-corrected chi connectivity index (χ0v) is 15.0. The first-order valence-electron chi connectivity index (χ1n) is 9.39. The van der Waals surface area contributed by atoms with E-state index in [0.29, 0.717) is 0 Å². The minimum Gasteiger partial charge on any atom is -0.499 e. The molecule has 0 spiro atoms. The van der Waals surface area contributed by atoms with Crippen molar-refractivity contribution in [2.75, 3.05) is 53.4 Å². The largest absolute Gasteiger partial charge is 0.499 e. The van der Waals surface area contributed by atoms with Gasteiger partial charge in [0.2, 0.25) is 0 Å². The highest BCUT2D eigenvalue weighted by molar-refractivity contribution is 5.23. The second kappa shape index (κ2) is 8.20. The van der Waals surface area contributed by atoms with Crippen LogP contribution in [0.1, 0.15) is 38.5 Å². The summed E-state index contributed by atoms with van der Waals surface area (Å²) in [4.78, 5) is 7.73. The van der Waals surface area contributed by atoms with E-state index in [2.05, 4.69) is 33.9 Å². The van der Waals surface area contributed by atoms with Crippen LogP contribution in [-0.2, 0) is 4.74 Å². The maximum absolute atomic E-state index is 5.72. The summed E-state index contributed by atoms with van der Waals surface area (Å²) in [6.45, 7) is 7.18. The first-order valence-corrected chi connectivity index (χ1v) is 9.39. The van der Waals surface area contributed by atoms with Crippen LogP contribution >= 0.6 is 0 Å². The number of likely N-dealkylation sites (tertiary alicyclic amines) is 1. The van der Waals surface area contributed by atoms with Gasteiger partial charge < -0.3 is 14.5 Å². The van der Waals surface area contributed by atoms with E-state index in [0.717, 1.165) is 25.6 Å². The predicted molar refractivity (Wildman–Crippen MR) is 95.3 cm³/mol. The van der Waals surface area contributed by atoms with E-state index in [1.807, 2.05) is 7.11 Å². The van der Waals surface area contributed by atoms with Gasteiger partial charge in [0, 0.05) is 38.6 Å². The number of nitrogens with zero attached hydrogens (tertiary/aromatic N) is 3. The fourth-order valence-corrected chi connectivity index (χ4v) is 4.14. The van der Waals surface area contributed by atoms with Crippen molar-refractivity contribution in [3.8, 4) is 0 Å². The molecule has 0 aromatic rings. The molecule has 0 aromatic carbocycles. The molecule has 2 saturated heterocycles. The maximum Gasteiger partial charge on any atom is 0.119 e. The van der Waals surface area contributed by atoms with Crippen molar-refractivity contribution in [3.05, 3.63) is 23.6 Å². The van der Waals surface area contributed by atoms with E-state index >= 15 is 0 Å². The number of piperazine rings is 1. The predicted octanol–water partition coefficient (Wildman–Crippen LogP) is 2.69. The second-order valence-corrected chi connectivity index (χ2v) is 7.22. The molecule has 4 heteroatoms. The minimum atomic E-state index is 0.803. The number of hydrogen-bond acceptors (Lipinski definition) is 4. The lowest BCUT2D eigenvalue weighted by molar-refractivity contribution is 0.0753. The van der Waals surface area contributed by atoms with Gasteiger partial charge in [-0.15, -0.1) is 0 Å². The lowest BCUT2D eigenvalue weighted by atomic mass is 10.0. The van der Waals surface area contributed by atoms with Gasteiger partial charge in [0.15, 0.2) is 0 Å². The summed E-state index contributed by atoms with van der Waals surface area (Å²) < 4.78 is 5.72. The summed E-state index contributed by atoms with van der Waals surface area (Å²) in [5.74, 6) is 1.19.